The molecule has 0 aromatic carbocycles. The predicted molar refractivity (Wildman–Crippen MR) is 318 cm³/mol. The van der Waals surface area contributed by atoms with Crippen LogP contribution in [0.4, 0.5) is 0 Å². The van der Waals surface area contributed by atoms with E-state index >= 15 is 0 Å². The van der Waals surface area contributed by atoms with Crippen LogP contribution in [0, 0.1) is 0 Å². The number of ether oxygens (including phenoxy) is 1. The summed E-state index contributed by atoms with van der Waals surface area (Å²) >= 11 is 0. The number of amides is 1. The van der Waals surface area contributed by atoms with Gasteiger partial charge in [-0.05, 0) is 96.0 Å². The Balaban J connectivity index is 5.29. The standard InChI is InChI=1S/C64H119N2O7P/c1-7-10-13-16-19-22-25-28-30-32-33-35-36-38-41-44-47-50-53-56-63(67)65-61(60-72-74(69,70)71-59-58-66(4,5)6)62(55-52-49-46-43-40-27-24-21-18-15-12-9-3)73-64(68)57-54-51-48-45-42-39-37-34-31-29-26-23-20-17-14-11-8-2/h20,23,28-31,37,39,52,55,61-62H,7-19,21-22,24-27,32-36,38,40-51,53-54,56-60H2,1-6H3,(H-,65,67,69,70)/p+1/b23-20-,30-28+,31-29-,39-37-,55-52+. The number of allylic oxidation sites excluding steroid dienone is 9. The Morgan fingerprint density at radius 3 is 1.27 bits per heavy atom. The molecule has 1 amide bonds. The third-order valence-corrected chi connectivity index (χ3v) is 14.7. The van der Waals surface area contributed by atoms with Crippen molar-refractivity contribution in [3.63, 3.8) is 0 Å². The Hall–Kier alpha value is -2.29. The molecule has 0 rings (SSSR count). The van der Waals surface area contributed by atoms with Gasteiger partial charge >= 0.3 is 13.8 Å². The van der Waals surface area contributed by atoms with Crippen LogP contribution in [0.1, 0.15) is 284 Å². The number of likely N-dealkylation sites (N-methyl/N-ethyl adjacent to an activating group) is 1. The van der Waals surface area contributed by atoms with Gasteiger partial charge in [-0.3, -0.25) is 18.6 Å². The van der Waals surface area contributed by atoms with E-state index in [0.29, 0.717) is 23.9 Å². The molecular weight excluding hydrogens is 940 g/mol. The van der Waals surface area contributed by atoms with Crippen molar-refractivity contribution < 1.29 is 37.3 Å². The van der Waals surface area contributed by atoms with Crippen molar-refractivity contribution in [1.82, 2.24) is 5.32 Å². The number of hydrogen-bond acceptors (Lipinski definition) is 6. The van der Waals surface area contributed by atoms with E-state index in [1.807, 2.05) is 33.3 Å². The monoisotopic (exact) mass is 1060 g/mol. The van der Waals surface area contributed by atoms with Crippen LogP contribution in [0.5, 0.6) is 0 Å². The molecule has 0 radical (unpaired) electrons. The van der Waals surface area contributed by atoms with Gasteiger partial charge in [-0.1, -0.05) is 236 Å². The first-order valence-electron chi connectivity index (χ1n) is 31.1. The van der Waals surface area contributed by atoms with Crippen LogP contribution in [0.25, 0.3) is 0 Å². The van der Waals surface area contributed by atoms with Crippen LogP contribution in [0.15, 0.2) is 60.8 Å². The smallest absolute Gasteiger partial charge is 0.456 e. The maximum atomic E-state index is 13.5. The fourth-order valence-electron chi connectivity index (χ4n) is 8.82. The van der Waals surface area contributed by atoms with Gasteiger partial charge in [0, 0.05) is 12.8 Å². The molecule has 0 heterocycles. The zero-order valence-electron chi connectivity index (χ0n) is 49.3. The lowest BCUT2D eigenvalue weighted by Crippen LogP contribution is -2.47. The number of unbranched alkanes of at least 4 members (excludes halogenated alkanes) is 32. The fraction of sp³-hybridized carbons (Fsp3) is 0.812. The first kappa shape index (κ1) is 71.7. The zero-order chi connectivity index (χ0) is 54.3. The van der Waals surface area contributed by atoms with Crippen LogP contribution < -0.4 is 5.32 Å². The quantitative estimate of drug-likeness (QED) is 0.0205. The summed E-state index contributed by atoms with van der Waals surface area (Å²) in [4.78, 5) is 37.7. The molecule has 0 fully saturated rings. The highest BCUT2D eigenvalue weighted by molar-refractivity contribution is 7.47. The molecule has 3 unspecified atom stereocenters. The highest BCUT2D eigenvalue weighted by Gasteiger charge is 2.30. The van der Waals surface area contributed by atoms with Gasteiger partial charge in [0.15, 0.2) is 0 Å². The summed E-state index contributed by atoms with van der Waals surface area (Å²) in [7, 11) is 1.48. The average molecular weight is 1060 g/mol. The van der Waals surface area contributed by atoms with E-state index in [9.17, 15) is 19.0 Å². The molecule has 3 atom stereocenters. The van der Waals surface area contributed by atoms with Crippen LogP contribution in [0.2, 0.25) is 0 Å². The maximum absolute atomic E-state index is 13.5. The second-order valence-electron chi connectivity index (χ2n) is 22.2. The molecule has 0 aromatic rings. The normalized spacial score (nSPS) is 14.1. The van der Waals surface area contributed by atoms with Gasteiger partial charge in [-0.2, -0.15) is 0 Å². The Bertz CT molecular complexity index is 1450. The summed E-state index contributed by atoms with van der Waals surface area (Å²) in [5, 5.41) is 3.05. The molecular formula is C64H120N2O7P+. The molecule has 0 bridgehead atoms. The largest absolute Gasteiger partial charge is 0.472 e. The van der Waals surface area contributed by atoms with Crippen molar-refractivity contribution in [2.24, 2.45) is 0 Å². The van der Waals surface area contributed by atoms with Crippen molar-refractivity contribution in [1.29, 1.82) is 0 Å². The van der Waals surface area contributed by atoms with Gasteiger partial charge in [0.05, 0.1) is 33.8 Å². The van der Waals surface area contributed by atoms with Gasteiger partial charge in [0.2, 0.25) is 5.91 Å². The number of carbonyl (C=O) groups excluding carboxylic acids is 2. The number of quaternary nitrogens is 1. The molecule has 0 saturated heterocycles. The van der Waals surface area contributed by atoms with Gasteiger partial charge in [-0.25, -0.2) is 4.57 Å². The lowest BCUT2D eigenvalue weighted by atomic mass is 10.0. The minimum atomic E-state index is -4.45. The van der Waals surface area contributed by atoms with E-state index < -0.39 is 20.0 Å². The zero-order valence-corrected chi connectivity index (χ0v) is 50.2. The fourth-order valence-corrected chi connectivity index (χ4v) is 9.56. The average Bonchev–Trinajstić information content (AvgIpc) is 3.36. The maximum Gasteiger partial charge on any atom is 0.472 e. The summed E-state index contributed by atoms with van der Waals surface area (Å²) in [6.45, 7) is 6.98. The molecule has 2 N–H and O–H groups in total. The highest BCUT2D eigenvalue weighted by Crippen LogP contribution is 2.43. The van der Waals surface area contributed by atoms with Crippen LogP contribution >= 0.6 is 7.82 Å². The Morgan fingerprint density at radius 1 is 0.473 bits per heavy atom. The van der Waals surface area contributed by atoms with Crippen molar-refractivity contribution in [2.45, 2.75) is 296 Å². The van der Waals surface area contributed by atoms with Gasteiger partial charge in [-0.15, -0.1) is 0 Å². The molecule has 0 spiro atoms. The molecule has 9 nitrogen and oxygen atoms in total. The second kappa shape index (κ2) is 54.1. The summed E-state index contributed by atoms with van der Waals surface area (Å²) < 4.78 is 30.7. The third kappa shape index (κ3) is 54.5. The summed E-state index contributed by atoms with van der Waals surface area (Å²) in [6.07, 6.45) is 67.8. The number of nitrogens with zero attached hydrogens (tertiary/aromatic N) is 1. The van der Waals surface area contributed by atoms with Crippen molar-refractivity contribution in [3.8, 4) is 0 Å². The molecule has 0 aliphatic rings. The molecule has 0 aliphatic carbocycles. The summed E-state index contributed by atoms with van der Waals surface area (Å²) in [6, 6.07) is -0.859. The van der Waals surface area contributed by atoms with Gasteiger partial charge < -0.3 is 19.4 Å². The number of esters is 1. The summed E-state index contributed by atoms with van der Waals surface area (Å²) in [5.41, 5.74) is 0. The predicted octanol–water partition coefficient (Wildman–Crippen LogP) is 19.1. The lowest BCUT2D eigenvalue weighted by Gasteiger charge is -2.27. The molecule has 0 aliphatic heterocycles. The van der Waals surface area contributed by atoms with Gasteiger partial charge in [0.1, 0.15) is 19.3 Å². The van der Waals surface area contributed by atoms with Crippen LogP contribution in [0.3, 0.4) is 0 Å². The molecule has 0 aromatic heterocycles. The van der Waals surface area contributed by atoms with Gasteiger partial charge in [0.25, 0.3) is 0 Å². The lowest BCUT2D eigenvalue weighted by molar-refractivity contribution is -0.870. The van der Waals surface area contributed by atoms with Crippen LogP contribution in [-0.4, -0.2) is 74.3 Å². The number of phosphoric ester groups is 1. The van der Waals surface area contributed by atoms with E-state index in [0.717, 1.165) is 77.0 Å². The number of hydrogen-bond donors (Lipinski definition) is 2. The van der Waals surface area contributed by atoms with E-state index in [4.69, 9.17) is 13.8 Å². The van der Waals surface area contributed by atoms with E-state index in [1.165, 1.54) is 167 Å². The minimum absolute atomic E-state index is 0.0352. The van der Waals surface area contributed by atoms with E-state index in [2.05, 4.69) is 74.7 Å². The summed E-state index contributed by atoms with van der Waals surface area (Å²) in [5.74, 6) is -0.528. The molecule has 432 valence electrons. The third-order valence-electron chi connectivity index (χ3n) is 13.7. The van der Waals surface area contributed by atoms with Crippen LogP contribution in [-0.2, 0) is 27.9 Å². The van der Waals surface area contributed by atoms with E-state index in [-0.39, 0.29) is 31.5 Å². The minimum Gasteiger partial charge on any atom is -0.456 e. The Kier molecular flexibility index (Phi) is 52.4. The molecule has 74 heavy (non-hydrogen) atoms. The number of carbonyl (C=O) groups is 2. The van der Waals surface area contributed by atoms with Crippen molar-refractivity contribution in [2.75, 3.05) is 40.9 Å². The second-order valence-corrected chi connectivity index (χ2v) is 23.7. The van der Waals surface area contributed by atoms with E-state index in [1.54, 1.807) is 0 Å². The Morgan fingerprint density at radius 2 is 0.824 bits per heavy atom. The first-order valence-corrected chi connectivity index (χ1v) is 32.6. The molecule has 0 saturated carbocycles. The SMILES string of the molecule is CCCCC/C=C\C/C=C\C/C=C\CCCCCCC(=O)OC(/C=C/CCCCCCCCCCCC)C(COP(=O)(O)OCC[N+](C)(C)C)NC(=O)CCCCCCCCCCC/C=C/CCCCCCCC. The number of phosphoric acid groups is 1. The number of nitrogens with one attached hydrogen (secondary N) is 1. The highest BCUT2D eigenvalue weighted by atomic mass is 31.2. The first-order chi connectivity index (χ1) is 35.9. The Labute approximate surface area is 458 Å². The van der Waals surface area contributed by atoms with Crippen molar-refractivity contribution in [3.05, 3.63) is 60.8 Å². The van der Waals surface area contributed by atoms with Crippen molar-refractivity contribution >= 4 is 19.7 Å². The topological polar surface area (TPSA) is 111 Å². The molecule has 10 heteroatoms. The number of rotatable bonds is 56.